The summed E-state index contributed by atoms with van der Waals surface area (Å²) in [6.07, 6.45) is 2.21. The number of nitrogens with one attached hydrogen (secondary N) is 2. The largest absolute Gasteiger partial charge is 0.491 e. The van der Waals surface area contributed by atoms with Crippen LogP contribution in [0.3, 0.4) is 0 Å². The summed E-state index contributed by atoms with van der Waals surface area (Å²) in [7, 11) is 3.44. The number of guanidine groups is 1. The molecule has 0 spiro atoms. The number of hydrogen-bond donors (Lipinski definition) is 2. The van der Waals surface area contributed by atoms with Crippen LogP contribution in [0.25, 0.3) is 0 Å². The minimum Gasteiger partial charge on any atom is -0.491 e. The van der Waals surface area contributed by atoms with E-state index in [0.29, 0.717) is 19.8 Å². The van der Waals surface area contributed by atoms with E-state index in [1.807, 2.05) is 24.3 Å². The molecule has 1 aromatic rings. The Hall–Kier alpha value is -1.06. The van der Waals surface area contributed by atoms with Gasteiger partial charge in [0.25, 0.3) is 0 Å². The van der Waals surface area contributed by atoms with Crippen LogP contribution in [0.15, 0.2) is 29.3 Å². The molecule has 1 aliphatic heterocycles. The highest BCUT2D eigenvalue weighted by Gasteiger charge is 2.29. The fraction of sp³-hybridized carbons (Fsp3) is 0.611. The number of benzene rings is 1. The molecule has 0 amide bonds. The molecule has 0 radical (unpaired) electrons. The maximum atomic E-state index is 5.78. The fourth-order valence-corrected chi connectivity index (χ4v) is 2.60. The number of aliphatic imine (C=N–C) groups is 1. The van der Waals surface area contributed by atoms with Gasteiger partial charge in [0.1, 0.15) is 12.4 Å². The van der Waals surface area contributed by atoms with E-state index in [1.165, 1.54) is 5.56 Å². The first-order valence-electron chi connectivity index (χ1n) is 8.44. The zero-order valence-corrected chi connectivity index (χ0v) is 17.7. The van der Waals surface area contributed by atoms with Crippen LogP contribution in [0.5, 0.6) is 5.75 Å². The van der Waals surface area contributed by atoms with Crippen molar-refractivity contribution >= 4 is 29.9 Å². The van der Waals surface area contributed by atoms with Crippen LogP contribution in [0.2, 0.25) is 0 Å². The van der Waals surface area contributed by atoms with Gasteiger partial charge in [-0.3, -0.25) is 4.99 Å². The van der Waals surface area contributed by atoms with E-state index in [-0.39, 0.29) is 29.6 Å². The SMILES string of the molecule is CN=C(NCc1ccc(OCCOC)cc1)NCC1(C)CCCO1.I. The zero-order chi connectivity index (χ0) is 17.3. The molecule has 2 rings (SSSR count). The predicted octanol–water partition coefficient (Wildman–Crippen LogP) is 2.56. The molecule has 6 nitrogen and oxygen atoms in total. The molecule has 1 atom stereocenters. The van der Waals surface area contributed by atoms with E-state index in [0.717, 1.165) is 37.7 Å². The average molecular weight is 463 g/mol. The Bertz CT molecular complexity index is 517. The lowest BCUT2D eigenvalue weighted by Crippen LogP contribution is -2.45. The quantitative estimate of drug-likeness (QED) is 0.269. The van der Waals surface area contributed by atoms with Gasteiger partial charge in [0.05, 0.1) is 12.2 Å². The van der Waals surface area contributed by atoms with Gasteiger partial charge in [0, 0.05) is 33.9 Å². The molecule has 0 aromatic heterocycles. The lowest BCUT2D eigenvalue weighted by atomic mass is 10.0. The van der Waals surface area contributed by atoms with E-state index in [1.54, 1.807) is 14.2 Å². The van der Waals surface area contributed by atoms with Gasteiger partial charge >= 0.3 is 0 Å². The van der Waals surface area contributed by atoms with Crippen LogP contribution in [0.1, 0.15) is 25.3 Å². The van der Waals surface area contributed by atoms with Crippen LogP contribution in [0.4, 0.5) is 0 Å². The highest BCUT2D eigenvalue weighted by atomic mass is 127. The van der Waals surface area contributed by atoms with Gasteiger partial charge in [-0.15, -0.1) is 24.0 Å². The zero-order valence-electron chi connectivity index (χ0n) is 15.3. The van der Waals surface area contributed by atoms with Gasteiger partial charge in [-0.2, -0.15) is 0 Å². The first kappa shape index (κ1) is 22.0. The second-order valence-corrected chi connectivity index (χ2v) is 6.17. The van der Waals surface area contributed by atoms with Crippen molar-refractivity contribution in [3.63, 3.8) is 0 Å². The number of nitrogens with zero attached hydrogens (tertiary/aromatic N) is 1. The molecular formula is C18H30IN3O3. The first-order valence-corrected chi connectivity index (χ1v) is 8.44. The van der Waals surface area contributed by atoms with Crippen molar-refractivity contribution in [2.45, 2.75) is 31.9 Å². The fourth-order valence-electron chi connectivity index (χ4n) is 2.60. The summed E-state index contributed by atoms with van der Waals surface area (Å²) in [5.74, 6) is 1.64. The average Bonchev–Trinajstić information content (AvgIpc) is 3.03. The second kappa shape index (κ2) is 11.5. The first-order chi connectivity index (χ1) is 11.6. The summed E-state index contributed by atoms with van der Waals surface area (Å²) in [6.45, 7) is 5.61. The molecule has 1 saturated heterocycles. The Labute approximate surface area is 167 Å². The standard InChI is InChI=1S/C18H29N3O3.HI/c1-18(9-4-10-24-18)14-21-17(19-2)20-13-15-5-7-16(8-6-15)23-12-11-22-3;/h5-8H,4,9-14H2,1-3H3,(H2,19,20,21);1H. The molecule has 1 aliphatic rings. The summed E-state index contributed by atoms with van der Waals surface area (Å²) in [4.78, 5) is 4.26. The molecule has 0 saturated carbocycles. The third-order valence-corrected chi connectivity index (χ3v) is 4.09. The van der Waals surface area contributed by atoms with E-state index in [4.69, 9.17) is 14.2 Å². The Kier molecular flexibility index (Phi) is 10.1. The Morgan fingerprint density at radius 3 is 2.60 bits per heavy atom. The number of halogens is 1. The van der Waals surface area contributed by atoms with Gasteiger partial charge in [0.15, 0.2) is 5.96 Å². The maximum Gasteiger partial charge on any atom is 0.191 e. The van der Waals surface area contributed by atoms with Crippen molar-refractivity contribution in [1.82, 2.24) is 10.6 Å². The van der Waals surface area contributed by atoms with Crippen molar-refractivity contribution < 1.29 is 14.2 Å². The van der Waals surface area contributed by atoms with E-state index in [9.17, 15) is 0 Å². The van der Waals surface area contributed by atoms with Crippen LogP contribution < -0.4 is 15.4 Å². The van der Waals surface area contributed by atoms with Crippen LogP contribution in [-0.4, -0.2) is 52.1 Å². The summed E-state index contributed by atoms with van der Waals surface area (Å²) in [5, 5.41) is 6.66. The van der Waals surface area contributed by atoms with Crippen molar-refractivity contribution in [2.75, 3.05) is 40.5 Å². The van der Waals surface area contributed by atoms with Gasteiger partial charge in [0.2, 0.25) is 0 Å². The third kappa shape index (κ3) is 7.79. The van der Waals surface area contributed by atoms with E-state index < -0.39 is 0 Å². The Morgan fingerprint density at radius 1 is 1.24 bits per heavy atom. The Balaban J connectivity index is 0.00000312. The molecule has 25 heavy (non-hydrogen) atoms. The predicted molar refractivity (Wildman–Crippen MR) is 111 cm³/mol. The van der Waals surface area contributed by atoms with Crippen molar-refractivity contribution in [2.24, 2.45) is 4.99 Å². The molecule has 1 aromatic carbocycles. The summed E-state index contributed by atoms with van der Waals surface area (Å²) >= 11 is 0. The van der Waals surface area contributed by atoms with Crippen molar-refractivity contribution in [1.29, 1.82) is 0 Å². The van der Waals surface area contributed by atoms with Gasteiger partial charge in [-0.05, 0) is 37.5 Å². The van der Waals surface area contributed by atoms with Crippen molar-refractivity contribution in [3.05, 3.63) is 29.8 Å². The highest BCUT2D eigenvalue weighted by molar-refractivity contribution is 14.0. The number of rotatable bonds is 8. The lowest BCUT2D eigenvalue weighted by Gasteiger charge is -2.24. The summed E-state index contributed by atoms with van der Waals surface area (Å²) in [6, 6.07) is 8.03. The third-order valence-electron chi connectivity index (χ3n) is 4.09. The van der Waals surface area contributed by atoms with E-state index in [2.05, 4.69) is 22.5 Å². The van der Waals surface area contributed by atoms with Crippen LogP contribution in [0, 0.1) is 0 Å². The molecule has 2 N–H and O–H groups in total. The number of hydrogen-bond acceptors (Lipinski definition) is 4. The normalized spacial score (nSPS) is 20.0. The molecule has 0 aliphatic carbocycles. The van der Waals surface area contributed by atoms with Crippen LogP contribution in [-0.2, 0) is 16.0 Å². The van der Waals surface area contributed by atoms with Gasteiger partial charge in [-0.25, -0.2) is 0 Å². The molecule has 142 valence electrons. The monoisotopic (exact) mass is 463 g/mol. The molecule has 0 bridgehead atoms. The summed E-state index contributed by atoms with van der Waals surface area (Å²) in [5.41, 5.74) is 1.08. The number of methoxy groups -OCH3 is 1. The molecule has 1 unspecified atom stereocenters. The second-order valence-electron chi connectivity index (χ2n) is 6.17. The van der Waals surface area contributed by atoms with E-state index >= 15 is 0 Å². The topological polar surface area (TPSA) is 64.1 Å². The Morgan fingerprint density at radius 2 is 2.00 bits per heavy atom. The minimum atomic E-state index is -0.0845. The summed E-state index contributed by atoms with van der Waals surface area (Å²) < 4.78 is 16.3. The highest BCUT2D eigenvalue weighted by Crippen LogP contribution is 2.23. The number of ether oxygens (including phenoxy) is 3. The lowest BCUT2D eigenvalue weighted by molar-refractivity contribution is 0.0243. The van der Waals surface area contributed by atoms with Crippen molar-refractivity contribution in [3.8, 4) is 5.75 Å². The maximum absolute atomic E-state index is 5.78. The van der Waals surface area contributed by atoms with Gasteiger partial charge < -0.3 is 24.8 Å². The molecule has 1 fully saturated rings. The molecule has 7 heteroatoms. The minimum absolute atomic E-state index is 0. The smallest absolute Gasteiger partial charge is 0.191 e. The van der Waals surface area contributed by atoms with Crippen LogP contribution >= 0.6 is 24.0 Å². The van der Waals surface area contributed by atoms with Gasteiger partial charge in [-0.1, -0.05) is 12.1 Å². The molecular weight excluding hydrogens is 433 g/mol. The molecule has 1 heterocycles.